The van der Waals surface area contributed by atoms with E-state index in [1.807, 2.05) is 0 Å². The molecule has 2 heterocycles. The summed E-state index contributed by atoms with van der Waals surface area (Å²) in [5, 5.41) is 9.23. The predicted molar refractivity (Wildman–Crippen MR) is 67.2 cm³/mol. The predicted octanol–water partition coefficient (Wildman–Crippen LogP) is -0.174. The van der Waals surface area contributed by atoms with E-state index < -0.39 is 0 Å². The molecule has 7 heteroatoms. The summed E-state index contributed by atoms with van der Waals surface area (Å²) in [6.45, 7) is 4.44. The van der Waals surface area contributed by atoms with E-state index in [-0.39, 0.29) is 12.6 Å². The minimum absolute atomic E-state index is 0.199. The Morgan fingerprint density at radius 3 is 2.59 bits per heavy atom. The van der Waals surface area contributed by atoms with Crippen LogP contribution in [0, 0.1) is 0 Å². The Balaban J connectivity index is 2.00. The molecule has 0 atom stereocenters. The fourth-order valence-electron chi connectivity index (χ4n) is 1.93. The normalized spacial score (nSPS) is 17.4. The first-order chi connectivity index (χ1) is 8.19. The van der Waals surface area contributed by atoms with Gasteiger partial charge in [0.25, 0.3) is 0 Å². The van der Waals surface area contributed by atoms with E-state index in [0.29, 0.717) is 5.15 Å². The quantitative estimate of drug-likeness (QED) is 0.732. The van der Waals surface area contributed by atoms with E-state index >= 15 is 0 Å². The number of β-amino-alcohol motifs (C(OH)–C–C–N with tert-alkyl or cyclic N) is 1. The molecule has 94 valence electrons. The highest BCUT2D eigenvalue weighted by atomic mass is 35.5. The zero-order valence-corrected chi connectivity index (χ0v) is 10.3. The molecule has 0 aliphatic carbocycles. The van der Waals surface area contributed by atoms with Gasteiger partial charge in [-0.1, -0.05) is 11.6 Å². The summed E-state index contributed by atoms with van der Waals surface area (Å²) in [7, 11) is 0. The summed E-state index contributed by atoms with van der Waals surface area (Å²) < 4.78 is 0. The van der Waals surface area contributed by atoms with Crippen molar-refractivity contribution in [1.82, 2.24) is 14.9 Å². The highest BCUT2D eigenvalue weighted by Crippen LogP contribution is 2.18. The summed E-state index contributed by atoms with van der Waals surface area (Å²) in [5.74, 6) is 0.969. The molecule has 6 nitrogen and oxygen atoms in total. The number of hydrogen-bond donors (Lipinski definition) is 2. The summed E-state index contributed by atoms with van der Waals surface area (Å²) in [4.78, 5) is 12.3. The van der Waals surface area contributed by atoms with E-state index in [4.69, 9.17) is 22.4 Å². The van der Waals surface area contributed by atoms with E-state index in [0.717, 1.165) is 38.5 Å². The maximum absolute atomic E-state index is 8.86. The van der Waals surface area contributed by atoms with Crippen molar-refractivity contribution in [1.29, 1.82) is 0 Å². The molecule has 17 heavy (non-hydrogen) atoms. The smallest absolute Gasteiger partial charge is 0.223 e. The van der Waals surface area contributed by atoms with Crippen LogP contribution in [0.4, 0.5) is 11.8 Å². The number of nitrogen functional groups attached to an aromatic ring is 1. The summed E-state index contributed by atoms with van der Waals surface area (Å²) >= 11 is 5.85. The van der Waals surface area contributed by atoms with Gasteiger partial charge in [-0.3, -0.25) is 4.90 Å². The zero-order chi connectivity index (χ0) is 12.3. The highest BCUT2D eigenvalue weighted by molar-refractivity contribution is 6.29. The Kier molecular flexibility index (Phi) is 3.98. The minimum Gasteiger partial charge on any atom is -0.395 e. The van der Waals surface area contributed by atoms with Crippen LogP contribution in [0.1, 0.15) is 0 Å². The molecule has 1 aliphatic rings. The van der Waals surface area contributed by atoms with Crippen LogP contribution in [0.15, 0.2) is 6.07 Å². The number of aliphatic hydroxyl groups is 1. The van der Waals surface area contributed by atoms with Gasteiger partial charge in [0.15, 0.2) is 0 Å². The lowest BCUT2D eigenvalue weighted by Crippen LogP contribution is -2.47. The lowest BCUT2D eigenvalue weighted by atomic mass is 10.3. The van der Waals surface area contributed by atoms with Gasteiger partial charge in [-0.2, -0.15) is 4.98 Å². The van der Waals surface area contributed by atoms with Crippen molar-refractivity contribution >= 4 is 23.4 Å². The van der Waals surface area contributed by atoms with Crippen molar-refractivity contribution in [2.45, 2.75) is 0 Å². The number of anilines is 2. The van der Waals surface area contributed by atoms with Crippen LogP contribution in [-0.2, 0) is 0 Å². The van der Waals surface area contributed by atoms with Crippen molar-refractivity contribution in [3.05, 3.63) is 11.2 Å². The molecule has 0 saturated carbocycles. The van der Waals surface area contributed by atoms with Crippen molar-refractivity contribution in [3.63, 3.8) is 0 Å². The highest BCUT2D eigenvalue weighted by Gasteiger charge is 2.18. The Labute approximate surface area is 105 Å². The van der Waals surface area contributed by atoms with Crippen molar-refractivity contribution in [2.75, 3.05) is 50.0 Å². The minimum atomic E-state index is 0.199. The fraction of sp³-hybridized carbons (Fsp3) is 0.600. The molecule has 2 rings (SSSR count). The number of nitrogens with zero attached hydrogens (tertiary/aromatic N) is 4. The first-order valence-electron chi connectivity index (χ1n) is 5.57. The maximum Gasteiger partial charge on any atom is 0.223 e. The monoisotopic (exact) mass is 257 g/mol. The first-order valence-corrected chi connectivity index (χ1v) is 5.95. The van der Waals surface area contributed by atoms with Gasteiger partial charge < -0.3 is 15.7 Å². The topological polar surface area (TPSA) is 78.5 Å². The van der Waals surface area contributed by atoms with Crippen LogP contribution in [-0.4, -0.2) is 59.3 Å². The molecule has 1 aliphatic heterocycles. The molecule has 1 aromatic rings. The maximum atomic E-state index is 8.86. The summed E-state index contributed by atoms with van der Waals surface area (Å²) in [6.07, 6.45) is 0. The molecule has 0 radical (unpaired) electrons. The van der Waals surface area contributed by atoms with Gasteiger partial charge in [0.2, 0.25) is 5.95 Å². The van der Waals surface area contributed by atoms with Crippen LogP contribution in [0.2, 0.25) is 5.15 Å². The molecule has 1 fully saturated rings. The Bertz CT molecular complexity index is 361. The second kappa shape index (κ2) is 5.48. The third kappa shape index (κ3) is 3.18. The summed E-state index contributed by atoms with van der Waals surface area (Å²) in [5.41, 5.74) is 5.56. The van der Waals surface area contributed by atoms with E-state index in [1.54, 1.807) is 6.07 Å². The Morgan fingerprint density at radius 2 is 2.00 bits per heavy atom. The third-order valence-corrected chi connectivity index (χ3v) is 3.00. The SMILES string of the molecule is Nc1nc(Cl)cc(N2CCN(CCO)CC2)n1. The number of piperazine rings is 1. The number of halogens is 1. The van der Waals surface area contributed by atoms with Crippen molar-refractivity contribution in [2.24, 2.45) is 0 Å². The van der Waals surface area contributed by atoms with Gasteiger partial charge in [-0.05, 0) is 0 Å². The number of hydrogen-bond acceptors (Lipinski definition) is 6. The molecule has 0 unspecified atom stereocenters. The van der Waals surface area contributed by atoms with Gasteiger partial charge in [0.05, 0.1) is 6.61 Å². The zero-order valence-electron chi connectivity index (χ0n) is 9.51. The van der Waals surface area contributed by atoms with E-state index in [1.165, 1.54) is 0 Å². The molecule has 3 N–H and O–H groups in total. The standard InChI is InChI=1S/C10H16ClN5O/c11-8-7-9(14-10(12)13-8)16-3-1-15(2-4-16)5-6-17/h7,17H,1-6H2,(H2,12,13,14). The van der Waals surface area contributed by atoms with E-state index in [2.05, 4.69) is 19.8 Å². The van der Waals surface area contributed by atoms with E-state index in [9.17, 15) is 0 Å². The van der Waals surface area contributed by atoms with Crippen LogP contribution >= 0.6 is 11.6 Å². The average Bonchev–Trinajstić information content (AvgIpc) is 2.29. The first kappa shape index (κ1) is 12.3. The van der Waals surface area contributed by atoms with Crippen LogP contribution in [0.25, 0.3) is 0 Å². The van der Waals surface area contributed by atoms with Gasteiger partial charge in [-0.15, -0.1) is 0 Å². The Morgan fingerprint density at radius 1 is 1.29 bits per heavy atom. The van der Waals surface area contributed by atoms with Crippen molar-refractivity contribution in [3.8, 4) is 0 Å². The lowest BCUT2D eigenvalue weighted by Gasteiger charge is -2.35. The van der Waals surface area contributed by atoms with Gasteiger partial charge >= 0.3 is 0 Å². The lowest BCUT2D eigenvalue weighted by molar-refractivity contribution is 0.188. The van der Waals surface area contributed by atoms with Gasteiger partial charge in [-0.25, -0.2) is 4.98 Å². The van der Waals surface area contributed by atoms with Crippen molar-refractivity contribution < 1.29 is 5.11 Å². The molecule has 1 aromatic heterocycles. The number of nitrogens with two attached hydrogens (primary N) is 1. The number of rotatable bonds is 3. The van der Waals surface area contributed by atoms with Crippen LogP contribution in [0.5, 0.6) is 0 Å². The Hall–Kier alpha value is -1.11. The molecule has 0 bridgehead atoms. The molecular formula is C10H16ClN5O. The van der Waals surface area contributed by atoms with Crippen LogP contribution < -0.4 is 10.6 Å². The summed E-state index contributed by atoms with van der Waals surface area (Å²) in [6, 6.07) is 1.72. The molecule has 0 spiro atoms. The fourth-order valence-corrected chi connectivity index (χ4v) is 2.11. The molecule has 1 saturated heterocycles. The van der Waals surface area contributed by atoms with Crippen LogP contribution in [0.3, 0.4) is 0 Å². The third-order valence-electron chi connectivity index (χ3n) is 2.81. The van der Waals surface area contributed by atoms with Gasteiger partial charge in [0, 0.05) is 38.8 Å². The number of aromatic nitrogens is 2. The van der Waals surface area contributed by atoms with Gasteiger partial charge in [0.1, 0.15) is 11.0 Å². The second-order valence-corrected chi connectivity index (χ2v) is 4.35. The number of aliphatic hydroxyl groups excluding tert-OH is 1. The molecular weight excluding hydrogens is 242 g/mol. The molecule has 0 aromatic carbocycles. The second-order valence-electron chi connectivity index (χ2n) is 3.96. The average molecular weight is 258 g/mol. The largest absolute Gasteiger partial charge is 0.395 e. The molecule has 0 amide bonds.